The quantitative estimate of drug-likeness (QED) is 0.513. The molecular weight excluding hydrogens is 427 g/mol. The number of hydrazine groups is 1. The van der Waals surface area contributed by atoms with Crippen LogP contribution in [0.15, 0.2) is 40.9 Å². The minimum atomic E-state index is -0.300. The average molecular weight is 442 g/mol. The van der Waals surface area contributed by atoms with Gasteiger partial charge >= 0.3 is 0 Å². The number of methoxy groups -OCH3 is 1. The number of anilines is 1. The van der Waals surface area contributed by atoms with Crippen LogP contribution in [0.25, 0.3) is 11.4 Å². The van der Waals surface area contributed by atoms with Crippen LogP contribution in [-0.2, 0) is 11.2 Å². The van der Waals surface area contributed by atoms with Crippen LogP contribution >= 0.6 is 34.8 Å². The molecule has 0 bridgehead atoms. The smallest absolute Gasteiger partial charge is 0.238 e. The van der Waals surface area contributed by atoms with Gasteiger partial charge in [-0.1, -0.05) is 40.0 Å². The molecule has 3 aromatic rings. The monoisotopic (exact) mass is 440 g/mol. The van der Waals surface area contributed by atoms with Crippen LogP contribution in [0.2, 0.25) is 15.1 Å². The number of rotatable bonds is 7. The van der Waals surface area contributed by atoms with E-state index in [-0.39, 0.29) is 18.7 Å². The van der Waals surface area contributed by atoms with Crippen LogP contribution < -0.4 is 15.6 Å². The fourth-order valence-corrected chi connectivity index (χ4v) is 3.20. The summed E-state index contributed by atoms with van der Waals surface area (Å²) in [5, 5.41) is 4.90. The fourth-order valence-electron chi connectivity index (χ4n) is 2.29. The maximum Gasteiger partial charge on any atom is 0.238 e. The lowest BCUT2D eigenvalue weighted by atomic mass is 10.2. The summed E-state index contributed by atoms with van der Waals surface area (Å²) in [7, 11) is 1.59. The van der Waals surface area contributed by atoms with Crippen LogP contribution in [-0.4, -0.2) is 23.2 Å². The lowest BCUT2D eigenvalue weighted by molar-refractivity contribution is -0.120. The molecule has 1 heterocycles. The molecule has 28 heavy (non-hydrogen) atoms. The molecule has 3 rings (SSSR count). The molecule has 0 atom stereocenters. The largest absolute Gasteiger partial charge is 0.497 e. The first kappa shape index (κ1) is 20.3. The number of carbonyl (C=O) groups excluding carboxylic acids is 1. The average Bonchev–Trinajstić information content (AvgIpc) is 3.14. The van der Waals surface area contributed by atoms with Crippen molar-refractivity contribution in [2.24, 2.45) is 0 Å². The van der Waals surface area contributed by atoms with Crippen LogP contribution in [0, 0.1) is 0 Å². The summed E-state index contributed by atoms with van der Waals surface area (Å²) in [6.07, 6.45) is 0.402. The first-order valence-electron chi connectivity index (χ1n) is 8.12. The standard InChI is InChI=1S/C18H15Cl3N4O3/c1-27-12-4-2-10(3-5-12)18-22-16(28-25-18)7-6-15(26)23-24-17-13(20)8-11(19)9-14(17)21/h2-5,8-9,24H,6-7H2,1H3,(H,23,26). The lowest BCUT2D eigenvalue weighted by Gasteiger charge is -2.11. The van der Waals surface area contributed by atoms with Gasteiger partial charge in [0.05, 0.1) is 22.8 Å². The molecule has 0 aliphatic heterocycles. The van der Waals surface area contributed by atoms with Gasteiger partial charge in [0.15, 0.2) is 0 Å². The van der Waals surface area contributed by atoms with Crippen molar-refractivity contribution in [3.63, 3.8) is 0 Å². The maximum absolute atomic E-state index is 12.0. The van der Waals surface area contributed by atoms with E-state index >= 15 is 0 Å². The summed E-state index contributed by atoms with van der Waals surface area (Å²) in [5.74, 6) is 1.23. The number of hydrogen-bond donors (Lipinski definition) is 2. The molecule has 146 valence electrons. The molecular formula is C18H15Cl3N4O3. The highest BCUT2D eigenvalue weighted by Crippen LogP contribution is 2.33. The van der Waals surface area contributed by atoms with Crippen molar-refractivity contribution < 1.29 is 14.1 Å². The van der Waals surface area contributed by atoms with Crippen molar-refractivity contribution in [1.82, 2.24) is 15.6 Å². The second-order valence-electron chi connectivity index (χ2n) is 5.66. The highest BCUT2D eigenvalue weighted by atomic mass is 35.5. The Kier molecular flexibility index (Phi) is 6.61. The van der Waals surface area contributed by atoms with E-state index in [0.717, 1.165) is 11.3 Å². The first-order valence-corrected chi connectivity index (χ1v) is 9.26. The van der Waals surface area contributed by atoms with E-state index in [2.05, 4.69) is 21.0 Å². The Balaban J connectivity index is 1.53. The van der Waals surface area contributed by atoms with E-state index in [9.17, 15) is 4.79 Å². The van der Waals surface area contributed by atoms with Crippen molar-refractivity contribution >= 4 is 46.4 Å². The predicted molar refractivity (Wildman–Crippen MR) is 108 cm³/mol. The summed E-state index contributed by atoms with van der Waals surface area (Å²) in [5.41, 5.74) is 6.35. The summed E-state index contributed by atoms with van der Waals surface area (Å²) in [6.45, 7) is 0. The number of ether oxygens (including phenoxy) is 1. The SMILES string of the molecule is COc1ccc(-c2noc(CCC(=O)NNc3c(Cl)cc(Cl)cc3Cl)n2)cc1. The Morgan fingerprint density at radius 2 is 1.82 bits per heavy atom. The number of nitrogens with one attached hydrogen (secondary N) is 2. The number of amides is 1. The topological polar surface area (TPSA) is 89.3 Å². The summed E-state index contributed by atoms with van der Waals surface area (Å²) < 4.78 is 10.3. The number of hydrogen-bond acceptors (Lipinski definition) is 6. The van der Waals surface area contributed by atoms with Crippen LogP contribution in [0.1, 0.15) is 12.3 Å². The number of aromatic nitrogens is 2. The summed E-state index contributed by atoms with van der Waals surface area (Å²) in [4.78, 5) is 16.3. The number of nitrogens with zero attached hydrogens (tertiary/aromatic N) is 2. The third-order valence-corrected chi connectivity index (χ3v) is 4.53. The molecule has 0 aliphatic rings. The first-order chi connectivity index (χ1) is 13.5. The Labute approximate surface area is 175 Å². The molecule has 0 unspecified atom stereocenters. The second-order valence-corrected chi connectivity index (χ2v) is 6.91. The third-order valence-electron chi connectivity index (χ3n) is 3.72. The zero-order chi connectivity index (χ0) is 20.1. The van der Waals surface area contributed by atoms with Gasteiger partial charge in [-0.25, -0.2) is 0 Å². The molecule has 0 saturated carbocycles. The molecule has 0 radical (unpaired) electrons. The summed E-state index contributed by atoms with van der Waals surface area (Å²) >= 11 is 17.9. The van der Waals surface area contributed by atoms with Gasteiger partial charge in [0.2, 0.25) is 17.6 Å². The molecule has 2 aromatic carbocycles. The van der Waals surface area contributed by atoms with Crippen LogP contribution in [0.3, 0.4) is 0 Å². The van der Waals surface area contributed by atoms with E-state index in [4.69, 9.17) is 44.1 Å². The second kappa shape index (κ2) is 9.14. The Morgan fingerprint density at radius 1 is 1.14 bits per heavy atom. The molecule has 7 nitrogen and oxygen atoms in total. The third kappa shape index (κ3) is 5.07. The minimum Gasteiger partial charge on any atom is -0.497 e. The van der Waals surface area contributed by atoms with E-state index in [1.54, 1.807) is 19.2 Å². The molecule has 2 N–H and O–H groups in total. The van der Waals surface area contributed by atoms with Gasteiger partial charge in [0.1, 0.15) is 5.75 Å². The minimum absolute atomic E-state index is 0.125. The van der Waals surface area contributed by atoms with Crippen molar-refractivity contribution in [3.05, 3.63) is 57.4 Å². The number of halogens is 3. The molecule has 0 aliphatic carbocycles. The van der Waals surface area contributed by atoms with E-state index in [1.165, 1.54) is 12.1 Å². The number of carbonyl (C=O) groups is 1. The van der Waals surface area contributed by atoms with Gasteiger partial charge < -0.3 is 9.26 Å². The number of benzene rings is 2. The van der Waals surface area contributed by atoms with E-state index in [1.807, 2.05) is 12.1 Å². The van der Waals surface area contributed by atoms with Gasteiger partial charge in [0, 0.05) is 23.4 Å². The van der Waals surface area contributed by atoms with Crippen molar-refractivity contribution in [2.75, 3.05) is 12.5 Å². The lowest BCUT2D eigenvalue weighted by Crippen LogP contribution is -2.29. The van der Waals surface area contributed by atoms with Crippen LogP contribution in [0.5, 0.6) is 5.75 Å². The zero-order valence-electron chi connectivity index (χ0n) is 14.6. The van der Waals surface area contributed by atoms with Crippen molar-refractivity contribution in [3.8, 4) is 17.1 Å². The van der Waals surface area contributed by atoms with Crippen LogP contribution in [0.4, 0.5) is 5.69 Å². The van der Waals surface area contributed by atoms with Gasteiger partial charge in [-0.3, -0.25) is 15.6 Å². The molecule has 10 heteroatoms. The molecule has 1 amide bonds. The maximum atomic E-state index is 12.0. The van der Waals surface area contributed by atoms with E-state index in [0.29, 0.717) is 32.5 Å². The Morgan fingerprint density at radius 3 is 2.46 bits per heavy atom. The highest BCUT2D eigenvalue weighted by molar-refractivity contribution is 6.41. The zero-order valence-corrected chi connectivity index (χ0v) is 16.9. The van der Waals surface area contributed by atoms with Gasteiger partial charge in [-0.15, -0.1) is 0 Å². The molecule has 0 fully saturated rings. The van der Waals surface area contributed by atoms with Gasteiger partial charge in [-0.2, -0.15) is 4.98 Å². The summed E-state index contributed by atoms with van der Waals surface area (Å²) in [6, 6.07) is 10.3. The number of aryl methyl sites for hydroxylation is 1. The molecule has 0 saturated heterocycles. The predicted octanol–water partition coefficient (Wildman–Crippen LogP) is 4.78. The molecule has 1 aromatic heterocycles. The Bertz CT molecular complexity index is 953. The fraction of sp³-hybridized carbons (Fsp3) is 0.167. The van der Waals surface area contributed by atoms with Crippen molar-refractivity contribution in [2.45, 2.75) is 12.8 Å². The van der Waals surface area contributed by atoms with Gasteiger partial charge in [-0.05, 0) is 36.4 Å². The Hall–Kier alpha value is -2.48. The van der Waals surface area contributed by atoms with E-state index < -0.39 is 0 Å². The van der Waals surface area contributed by atoms with Crippen molar-refractivity contribution in [1.29, 1.82) is 0 Å². The van der Waals surface area contributed by atoms with Gasteiger partial charge in [0.25, 0.3) is 0 Å². The molecule has 0 spiro atoms. The highest BCUT2D eigenvalue weighted by Gasteiger charge is 2.12. The normalized spacial score (nSPS) is 10.6.